The number of halogens is 3. The van der Waals surface area contributed by atoms with Gasteiger partial charge < -0.3 is 15.4 Å². The first-order chi connectivity index (χ1) is 17.1. The molecule has 0 saturated carbocycles. The van der Waals surface area contributed by atoms with Crippen molar-refractivity contribution in [3.8, 4) is 10.6 Å². The molecule has 2 aromatic heterocycles. The molecular formula is C24H25F3N4O3S2. The average molecular weight is 539 g/mol. The summed E-state index contributed by atoms with van der Waals surface area (Å²) in [5.41, 5.74) is 2.73. The fourth-order valence-electron chi connectivity index (χ4n) is 4.50. The molecule has 1 aromatic carbocycles. The molecule has 4 heterocycles. The van der Waals surface area contributed by atoms with Crippen molar-refractivity contribution in [2.75, 3.05) is 24.2 Å². The summed E-state index contributed by atoms with van der Waals surface area (Å²) in [6.07, 6.45) is -2.96. The molecule has 0 fully saturated rings. The van der Waals surface area contributed by atoms with Crippen LogP contribution in [0.25, 0.3) is 10.6 Å². The maximum absolute atomic E-state index is 13.9. The Hall–Kier alpha value is -2.54. The molecule has 0 radical (unpaired) electrons. The van der Waals surface area contributed by atoms with Gasteiger partial charge in [-0.05, 0) is 55.1 Å². The number of hydrogen-bond acceptors (Lipinski definition) is 8. The lowest BCUT2D eigenvalue weighted by Gasteiger charge is -2.21. The van der Waals surface area contributed by atoms with E-state index < -0.39 is 27.7 Å². The van der Waals surface area contributed by atoms with E-state index in [2.05, 4.69) is 26.7 Å². The van der Waals surface area contributed by atoms with Crippen LogP contribution in [0.5, 0.6) is 0 Å². The molecule has 12 heteroatoms. The fraction of sp³-hybridized carbons (Fsp3) is 0.417. The average Bonchev–Trinajstić information content (AvgIpc) is 3.26. The SMILES string of the molecule is CCc1cc2c(cc1Nc1ncc(C(F)(F)F)c(-c3cc4c(s3)C(C)OCCS4(=O)=O)n1)CCNC2. The third kappa shape index (κ3) is 4.74. The second-order valence-electron chi connectivity index (χ2n) is 8.81. The Morgan fingerprint density at radius 1 is 1.25 bits per heavy atom. The molecule has 2 aliphatic rings. The van der Waals surface area contributed by atoms with Gasteiger partial charge in [-0.25, -0.2) is 18.4 Å². The van der Waals surface area contributed by atoms with Gasteiger partial charge in [0, 0.05) is 18.4 Å². The molecule has 1 unspecified atom stereocenters. The van der Waals surface area contributed by atoms with Gasteiger partial charge in [-0.2, -0.15) is 13.2 Å². The van der Waals surface area contributed by atoms with Crippen LogP contribution in [0.2, 0.25) is 0 Å². The molecular weight excluding hydrogens is 513 g/mol. The van der Waals surface area contributed by atoms with Crippen molar-refractivity contribution in [3.05, 3.63) is 51.5 Å². The molecule has 0 bridgehead atoms. The van der Waals surface area contributed by atoms with E-state index in [4.69, 9.17) is 4.74 Å². The number of fused-ring (bicyclic) bond motifs is 2. The predicted octanol–water partition coefficient (Wildman–Crippen LogP) is 5.04. The molecule has 0 spiro atoms. The van der Waals surface area contributed by atoms with Gasteiger partial charge in [0.05, 0.1) is 38.8 Å². The van der Waals surface area contributed by atoms with Crippen LogP contribution in [0.1, 0.15) is 47.1 Å². The molecule has 192 valence electrons. The summed E-state index contributed by atoms with van der Waals surface area (Å²) >= 11 is 0.955. The minimum atomic E-state index is -4.72. The number of sulfone groups is 1. The largest absolute Gasteiger partial charge is 0.420 e. The molecule has 2 N–H and O–H groups in total. The smallest absolute Gasteiger partial charge is 0.372 e. The lowest BCUT2D eigenvalue weighted by molar-refractivity contribution is -0.137. The van der Waals surface area contributed by atoms with Crippen LogP contribution < -0.4 is 10.6 Å². The van der Waals surface area contributed by atoms with E-state index in [9.17, 15) is 21.6 Å². The molecule has 0 amide bonds. The Kier molecular flexibility index (Phi) is 6.56. The van der Waals surface area contributed by atoms with E-state index in [1.54, 1.807) is 6.92 Å². The Bertz CT molecular complexity index is 1420. The summed E-state index contributed by atoms with van der Waals surface area (Å²) in [5.74, 6) is -0.214. The molecule has 0 aliphatic carbocycles. The summed E-state index contributed by atoms with van der Waals surface area (Å²) in [4.78, 5) is 8.70. The summed E-state index contributed by atoms with van der Waals surface area (Å²) in [7, 11) is -3.68. The summed E-state index contributed by atoms with van der Waals surface area (Å²) in [5, 5.41) is 6.45. The molecule has 0 saturated heterocycles. The fourth-order valence-corrected chi connectivity index (χ4v) is 7.45. The van der Waals surface area contributed by atoms with Crippen molar-refractivity contribution in [1.29, 1.82) is 0 Å². The summed E-state index contributed by atoms with van der Waals surface area (Å²) in [6.45, 7) is 5.36. The van der Waals surface area contributed by atoms with E-state index in [1.165, 1.54) is 17.2 Å². The van der Waals surface area contributed by atoms with E-state index in [0.29, 0.717) is 4.88 Å². The quantitative estimate of drug-likeness (QED) is 0.481. The zero-order valence-corrected chi connectivity index (χ0v) is 21.3. The molecule has 3 aromatic rings. The minimum Gasteiger partial charge on any atom is -0.372 e. The highest BCUT2D eigenvalue weighted by Crippen LogP contribution is 2.44. The van der Waals surface area contributed by atoms with Gasteiger partial charge >= 0.3 is 6.18 Å². The van der Waals surface area contributed by atoms with Crippen molar-refractivity contribution in [1.82, 2.24) is 15.3 Å². The zero-order valence-electron chi connectivity index (χ0n) is 19.7. The van der Waals surface area contributed by atoms with Gasteiger partial charge in [0.2, 0.25) is 5.95 Å². The number of alkyl halides is 3. The Morgan fingerprint density at radius 2 is 2.06 bits per heavy atom. The first kappa shape index (κ1) is 25.1. The van der Waals surface area contributed by atoms with Gasteiger partial charge in [0.15, 0.2) is 9.84 Å². The number of rotatable bonds is 4. The van der Waals surface area contributed by atoms with E-state index in [-0.39, 0.29) is 33.8 Å². The zero-order chi connectivity index (χ0) is 25.7. The third-order valence-electron chi connectivity index (χ3n) is 6.42. The van der Waals surface area contributed by atoms with E-state index >= 15 is 0 Å². The van der Waals surface area contributed by atoms with Crippen LogP contribution >= 0.6 is 11.3 Å². The number of nitrogens with one attached hydrogen (secondary N) is 2. The van der Waals surface area contributed by atoms with Crippen LogP contribution in [0.3, 0.4) is 0 Å². The number of aromatic nitrogens is 2. The third-order valence-corrected chi connectivity index (χ3v) is 9.56. The van der Waals surface area contributed by atoms with E-state index in [1.807, 2.05) is 13.0 Å². The van der Waals surface area contributed by atoms with Crippen molar-refractivity contribution in [2.24, 2.45) is 0 Å². The lowest BCUT2D eigenvalue weighted by atomic mass is 9.96. The lowest BCUT2D eigenvalue weighted by Crippen LogP contribution is -2.24. The number of nitrogens with zero attached hydrogens (tertiary/aromatic N) is 2. The Morgan fingerprint density at radius 3 is 2.81 bits per heavy atom. The van der Waals surface area contributed by atoms with Crippen molar-refractivity contribution in [3.63, 3.8) is 0 Å². The second kappa shape index (κ2) is 9.40. The van der Waals surface area contributed by atoms with Gasteiger partial charge in [0.25, 0.3) is 0 Å². The number of benzene rings is 1. The van der Waals surface area contributed by atoms with Gasteiger partial charge in [-0.15, -0.1) is 11.3 Å². The first-order valence-electron chi connectivity index (χ1n) is 11.6. The standard InChI is InChI=1S/C24H25F3N4O3S2/c1-3-14-8-16-11-28-5-4-15(16)9-18(14)30-23-29-12-17(24(25,26)27)21(31-23)19-10-20-22(35-19)13(2)34-6-7-36(20,32)33/h8-10,12-13,28H,3-7,11H2,1-2H3,(H,29,30,31). The van der Waals surface area contributed by atoms with Gasteiger partial charge in [0.1, 0.15) is 5.56 Å². The van der Waals surface area contributed by atoms with Crippen LogP contribution in [0.4, 0.5) is 24.8 Å². The summed E-state index contributed by atoms with van der Waals surface area (Å²) < 4.78 is 72.8. The molecule has 7 nitrogen and oxygen atoms in total. The highest BCUT2D eigenvalue weighted by atomic mass is 32.2. The normalized spacial score (nSPS) is 19.3. The molecule has 5 rings (SSSR count). The number of ether oxygens (including phenoxy) is 1. The number of anilines is 2. The maximum Gasteiger partial charge on any atom is 0.420 e. The van der Waals surface area contributed by atoms with E-state index in [0.717, 1.165) is 54.7 Å². The Balaban J connectivity index is 1.60. The van der Waals surface area contributed by atoms with Gasteiger partial charge in [-0.1, -0.05) is 13.0 Å². The molecule has 2 aliphatic heterocycles. The van der Waals surface area contributed by atoms with Crippen molar-refractivity contribution in [2.45, 2.75) is 50.4 Å². The number of aryl methyl sites for hydroxylation is 1. The van der Waals surface area contributed by atoms with Crippen LogP contribution in [-0.2, 0) is 40.1 Å². The van der Waals surface area contributed by atoms with Crippen molar-refractivity contribution >= 4 is 32.8 Å². The number of hydrogen-bond donors (Lipinski definition) is 2. The van der Waals surface area contributed by atoms with Crippen LogP contribution in [0.15, 0.2) is 29.3 Å². The second-order valence-corrected chi connectivity index (χ2v) is 12.0. The highest BCUT2D eigenvalue weighted by molar-refractivity contribution is 7.91. The number of thiophene rings is 1. The van der Waals surface area contributed by atoms with Crippen molar-refractivity contribution < 1.29 is 26.3 Å². The Labute approximate surface area is 211 Å². The minimum absolute atomic E-state index is 0.00492. The van der Waals surface area contributed by atoms with Crippen LogP contribution in [0, 0.1) is 0 Å². The molecule has 1 atom stereocenters. The summed E-state index contributed by atoms with van der Waals surface area (Å²) in [6, 6.07) is 5.39. The predicted molar refractivity (Wildman–Crippen MR) is 131 cm³/mol. The topological polar surface area (TPSA) is 93.2 Å². The highest BCUT2D eigenvalue weighted by Gasteiger charge is 2.37. The first-order valence-corrected chi connectivity index (χ1v) is 14.1. The molecule has 36 heavy (non-hydrogen) atoms. The van der Waals surface area contributed by atoms with Crippen LogP contribution in [-0.4, -0.2) is 37.3 Å². The van der Waals surface area contributed by atoms with Gasteiger partial charge in [-0.3, -0.25) is 0 Å². The maximum atomic E-state index is 13.9. The monoisotopic (exact) mass is 538 g/mol.